The van der Waals surface area contributed by atoms with Crippen LogP contribution in [0.4, 0.5) is 0 Å². The summed E-state index contributed by atoms with van der Waals surface area (Å²) in [7, 11) is -3.46. The van der Waals surface area contributed by atoms with Crippen molar-refractivity contribution in [2.75, 3.05) is 32.7 Å². The number of hydrogen-bond donors (Lipinski definition) is 1. The van der Waals surface area contributed by atoms with Crippen molar-refractivity contribution in [3.8, 4) is 0 Å². The quantitative estimate of drug-likeness (QED) is 0.758. The van der Waals surface area contributed by atoms with Crippen molar-refractivity contribution in [1.82, 2.24) is 13.9 Å². The van der Waals surface area contributed by atoms with Gasteiger partial charge in [0.15, 0.2) is 0 Å². The number of carbonyl (C=O) groups excluding carboxylic acids is 1. The van der Waals surface area contributed by atoms with Crippen molar-refractivity contribution >= 4 is 16.1 Å². The summed E-state index contributed by atoms with van der Waals surface area (Å²) in [5.41, 5.74) is 0. The minimum absolute atomic E-state index is 0.0472. The van der Waals surface area contributed by atoms with E-state index >= 15 is 0 Å². The highest BCUT2D eigenvalue weighted by Gasteiger charge is 2.33. The van der Waals surface area contributed by atoms with Crippen LogP contribution in [0.2, 0.25) is 0 Å². The highest BCUT2D eigenvalue weighted by atomic mass is 32.2. The lowest BCUT2D eigenvalue weighted by atomic mass is 10.0. The molecule has 2 heterocycles. The molecule has 1 amide bonds. The van der Waals surface area contributed by atoms with Gasteiger partial charge in [-0.25, -0.2) is 0 Å². The predicted molar refractivity (Wildman–Crippen MR) is 68.1 cm³/mol. The number of amides is 1. The third kappa shape index (κ3) is 3.02. The van der Waals surface area contributed by atoms with E-state index in [1.54, 1.807) is 0 Å². The molecule has 0 aromatic rings. The van der Waals surface area contributed by atoms with Gasteiger partial charge in [0, 0.05) is 26.2 Å². The summed E-state index contributed by atoms with van der Waals surface area (Å²) in [5.74, 6) is 0.380. The van der Waals surface area contributed by atoms with Crippen molar-refractivity contribution < 1.29 is 13.2 Å². The van der Waals surface area contributed by atoms with Crippen LogP contribution in [-0.4, -0.2) is 55.7 Å². The number of nitrogens with one attached hydrogen (secondary N) is 1. The molecule has 0 radical (unpaired) electrons. The molecule has 0 bridgehead atoms. The van der Waals surface area contributed by atoms with Gasteiger partial charge in [0.05, 0.1) is 6.54 Å². The first-order chi connectivity index (χ1) is 8.50. The minimum atomic E-state index is -3.46. The van der Waals surface area contributed by atoms with Gasteiger partial charge in [-0.3, -0.25) is 4.79 Å². The average molecular weight is 275 g/mol. The van der Waals surface area contributed by atoms with Crippen molar-refractivity contribution in [1.29, 1.82) is 0 Å². The Morgan fingerprint density at radius 1 is 1.17 bits per heavy atom. The summed E-state index contributed by atoms with van der Waals surface area (Å²) in [6.45, 7) is 4.22. The standard InChI is InChI=1S/C11H21N3O3S/c1-10-3-7-13(8-4-10)18(16,17)14-6-2-5-12-11(15)9-14/h10H,2-9H2,1H3,(H,12,15). The largest absolute Gasteiger partial charge is 0.355 e. The SMILES string of the molecule is CC1CCN(S(=O)(=O)N2CCCNC(=O)C2)CC1. The number of carbonyl (C=O) groups is 1. The molecule has 0 aliphatic carbocycles. The molecule has 0 unspecified atom stereocenters. The molecule has 0 saturated carbocycles. The molecule has 6 nitrogen and oxygen atoms in total. The zero-order chi connectivity index (χ0) is 13.2. The molecule has 0 atom stereocenters. The normalized spacial score (nSPS) is 25.7. The third-order valence-corrected chi connectivity index (χ3v) is 5.60. The Balaban J connectivity index is 2.07. The van der Waals surface area contributed by atoms with Crippen molar-refractivity contribution in [2.45, 2.75) is 26.2 Å². The van der Waals surface area contributed by atoms with Crippen molar-refractivity contribution in [3.05, 3.63) is 0 Å². The fourth-order valence-corrected chi connectivity index (χ4v) is 3.99. The summed E-state index contributed by atoms with van der Waals surface area (Å²) in [6, 6.07) is 0. The smallest absolute Gasteiger partial charge is 0.282 e. The van der Waals surface area contributed by atoms with Gasteiger partial charge in [-0.1, -0.05) is 6.92 Å². The number of piperidine rings is 1. The van der Waals surface area contributed by atoms with Gasteiger partial charge in [0.25, 0.3) is 10.2 Å². The maximum absolute atomic E-state index is 12.4. The Morgan fingerprint density at radius 2 is 1.83 bits per heavy atom. The third-order valence-electron chi connectivity index (χ3n) is 3.62. The van der Waals surface area contributed by atoms with Gasteiger partial charge < -0.3 is 5.32 Å². The molecule has 0 spiro atoms. The van der Waals surface area contributed by atoms with Gasteiger partial charge in [0.1, 0.15) is 0 Å². The van der Waals surface area contributed by atoms with Crippen LogP contribution in [0.1, 0.15) is 26.2 Å². The molecule has 18 heavy (non-hydrogen) atoms. The van der Waals surface area contributed by atoms with E-state index in [0.29, 0.717) is 38.5 Å². The van der Waals surface area contributed by atoms with Gasteiger partial charge in [-0.15, -0.1) is 0 Å². The Hall–Kier alpha value is -0.660. The Labute approximate surface area is 109 Å². The molecule has 2 saturated heterocycles. The van der Waals surface area contributed by atoms with Crippen LogP contribution in [0.5, 0.6) is 0 Å². The second-order valence-corrected chi connectivity index (χ2v) is 7.05. The second kappa shape index (κ2) is 5.54. The maximum atomic E-state index is 12.4. The first kappa shape index (κ1) is 13.8. The summed E-state index contributed by atoms with van der Waals surface area (Å²) < 4.78 is 27.7. The molecule has 1 N–H and O–H groups in total. The Bertz CT molecular complexity index is 402. The Morgan fingerprint density at radius 3 is 2.50 bits per heavy atom. The second-order valence-electron chi connectivity index (χ2n) is 5.13. The van der Waals surface area contributed by atoms with E-state index in [1.165, 1.54) is 8.61 Å². The topological polar surface area (TPSA) is 69.7 Å². The van der Waals surface area contributed by atoms with Gasteiger partial charge in [-0.05, 0) is 25.2 Å². The zero-order valence-electron chi connectivity index (χ0n) is 10.8. The van der Waals surface area contributed by atoms with Crippen molar-refractivity contribution in [2.24, 2.45) is 5.92 Å². The summed E-state index contributed by atoms with van der Waals surface area (Å²) in [5, 5.41) is 2.69. The molecule has 0 aromatic heterocycles. The number of nitrogens with zero attached hydrogens (tertiary/aromatic N) is 2. The van der Waals surface area contributed by atoms with E-state index in [0.717, 1.165) is 12.8 Å². The van der Waals surface area contributed by atoms with Gasteiger partial charge >= 0.3 is 0 Å². The summed E-state index contributed by atoms with van der Waals surface area (Å²) in [6.07, 6.45) is 2.48. The van der Waals surface area contributed by atoms with E-state index in [2.05, 4.69) is 12.2 Å². The average Bonchev–Trinajstić information content (AvgIpc) is 2.55. The zero-order valence-corrected chi connectivity index (χ0v) is 11.6. The molecule has 2 rings (SSSR count). The molecule has 104 valence electrons. The van der Waals surface area contributed by atoms with Crippen LogP contribution < -0.4 is 5.32 Å². The molecule has 2 aliphatic rings. The van der Waals surface area contributed by atoms with Crippen molar-refractivity contribution in [3.63, 3.8) is 0 Å². The van der Waals surface area contributed by atoms with Crippen LogP contribution in [0.25, 0.3) is 0 Å². The number of rotatable bonds is 2. The molecule has 0 aromatic carbocycles. The Kier molecular flexibility index (Phi) is 4.24. The lowest BCUT2D eigenvalue weighted by Crippen LogP contribution is -2.48. The van der Waals surface area contributed by atoms with E-state index in [4.69, 9.17) is 0 Å². The van der Waals surface area contributed by atoms with Crippen LogP contribution in [0, 0.1) is 5.92 Å². The highest BCUT2D eigenvalue weighted by Crippen LogP contribution is 2.21. The summed E-state index contributed by atoms with van der Waals surface area (Å²) in [4.78, 5) is 11.4. The predicted octanol–water partition coefficient (Wildman–Crippen LogP) is -0.215. The molecule has 2 fully saturated rings. The van der Waals surface area contributed by atoms with Crippen LogP contribution in [0.3, 0.4) is 0 Å². The molecular weight excluding hydrogens is 254 g/mol. The van der Waals surface area contributed by atoms with Crippen LogP contribution in [0.15, 0.2) is 0 Å². The summed E-state index contributed by atoms with van der Waals surface area (Å²) >= 11 is 0. The lowest BCUT2D eigenvalue weighted by Gasteiger charge is -2.33. The first-order valence-electron chi connectivity index (χ1n) is 6.52. The van der Waals surface area contributed by atoms with Gasteiger partial charge in [-0.2, -0.15) is 17.0 Å². The van der Waals surface area contributed by atoms with E-state index in [9.17, 15) is 13.2 Å². The van der Waals surface area contributed by atoms with E-state index in [1.807, 2.05) is 0 Å². The monoisotopic (exact) mass is 275 g/mol. The van der Waals surface area contributed by atoms with Crippen LogP contribution in [-0.2, 0) is 15.0 Å². The first-order valence-corrected chi connectivity index (χ1v) is 7.92. The fraction of sp³-hybridized carbons (Fsp3) is 0.909. The molecular formula is C11H21N3O3S. The minimum Gasteiger partial charge on any atom is -0.355 e. The fourth-order valence-electron chi connectivity index (χ4n) is 2.35. The van der Waals surface area contributed by atoms with E-state index in [-0.39, 0.29) is 12.5 Å². The van der Waals surface area contributed by atoms with Gasteiger partial charge in [0.2, 0.25) is 5.91 Å². The molecule has 2 aliphatic heterocycles. The van der Waals surface area contributed by atoms with Crippen LogP contribution >= 0.6 is 0 Å². The molecule has 7 heteroatoms. The highest BCUT2D eigenvalue weighted by molar-refractivity contribution is 7.86. The lowest BCUT2D eigenvalue weighted by molar-refractivity contribution is -0.120. The number of hydrogen-bond acceptors (Lipinski definition) is 3. The maximum Gasteiger partial charge on any atom is 0.282 e. The van der Waals surface area contributed by atoms with E-state index < -0.39 is 10.2 Å².